The number of pyridine rings is 2. The molecule has 10 heteroatoms. The zero-order chi connectivity index (χ0) is 32.0. The molecule has 45 heavy (non-hydrogen) atoms. The maximum atomic E-state index is 15.4. The third-order valence-electron chi connectivity index (χ3n) is 8.70. The van der Waals surface area contributed by atoms with Gasteiger partial charge in [0.15, 0.2) is 5.75 Å². The standard InChI is InChI=1S/C35H35F4N3O3/c1-17(2)23-10-25(29(37)12-28(23)36)33-27-16-44-15-19(4)24(27)11-30(42-33)26(20-5-6-20)14-41-34(43)22-8-21-7-18(3)13-40-32(21)31(9-22)45-35(38)39/h7-13,17,19-20,26,35H,5-6,14-16H2,1-4H3,(H,41,43). The second-order valence-corrected chi connectivity index (χ2v) is 12.5. The maximum absolute atomic E-state index is 15.4. The first-order valence-corrected chi connectivity index (χ1v) is 15.2. The number of hydrogen-bond donors (Lipinski definition) is 1. The number of carbonyl (C=O) groups is 1. The summed E-state index contributed by atoms with van der Waals surface area (Å²) < 4.78 is 67.0. The van der Waals surface area contributed by atoms with Gasteiger partial charge in [-0.25, -0.2) is 8.78 Å². The number of aromatic nitrogens is 2. The zero-order valence-electron chi connectivity index (χ0n) is 25.6. The Labute approximate surface area is 259 Å². The number of nitrogens with one attached hydrogen (secondary N) is 1. The number of aryl methyl sites for hydroxylation is 1. The molecular formula is C35H35F4N3O3. The monoisotopic (exact) mass is 621 g/mol. The van der Waals surface area contributed by atoms with Gasteiger partial charge in [-0.3, -0.25) is 14.8 Å². The van der Waals surface area contributed by atoms with Crippen molar-refractivity contribution in [3.8, 4) is 17.0 Å². The van der Waals surface area contributed by atoms with Gasteiger partial charge in [-0.15, -0.1) is 0 Å². The van der Waals surface area contributed by atoms with Crippen LogP contribution in [0.15, 0.2) is 42.6 Å². The molecule has 0 bridgehead atoms. The van der Waals surface area contributed by atoms with Crippen molar-refractivity contribution in [3.05, 3.63) is 87.7 Å². The molecule has 1 amide bonds. The minimum absolute atomic E-state index is 0.0275. The normalized spacial score (nSPS) is 17.1. The van der Waals surface area contributed by atoms with E-state index in [1.54, 1.807) is 24.4 Å². The van der Waals surface area contributed by atoms with E-state index in [1.807, 2.05) is 33.8 Å². The fourth-order valence-corrected chi connectivity index (χ4v) is 6.19. The second kappa shape index (κ2) is 12.4. The van der Waals surface area contributed by atoms with Crippen LogP contribution >= 0.6 is 0 Å². The Hall–Kier alpha value is -4.05. The largest absolute Gasteiger partial charge is 0.432 e. The molecule has 3 heterocycles. The number of amides is 1. The van der Waals surface area contributed by atoms with Crippen LogP contribution in [0.5, 0.6) is 5.75 Å². The molecule has 0 spiro atoms. The van der Waals surface area contributed by atoms with Crippen LogP contribution in [-0.2, 0) is 11.3 Å². The van der Waals surface area contributed by atoms with Crippen LogP contribution in [-0.4, -0.2) is 35.6 Å². The molecule has 6 nitrogen and oxygen atoms in total. The number of benzene rings is 2. The average Bonchev–Trinajstić information content (AvgIpc) is 3.82. The summed E-state index contributed by atoms with van der Waals surface area (Å²) in [7, 11) is 0. The molecule has 2 unspecified atom stereocenters. The first-order valence-electron chi connectivity index (χ1n) is 15.2. The number of nitrogens with zero attached hydrogens (tertiary/aromatic N) is 2. The highest BCUT2D eigenvalue weighted by molar-refractivity contribution is 6.00. The van der Waals surface area contributed by atoms with Crippen molar-refractivity contribution in [1.82, 2.24) is 15.3 Å². The van der Waals surface area contributed by atoms with E-state index in [0.29, 0.717) is 23.3 Å². The van der Waals surface area contributed by atoms with E-state index in [2.05, 4.69) is 10.3 Å². The van der Waals surface area contributed by atoms with Crippen molar-refractivity contribution in [2.24, 2.45) is 5.92 Å². The van der Waals surface area contributed by atoms with Gasteiger partial charge in [0.2, 0.25) is 0 Å². The van der Waals surface area contributed by atoms with Gasteiger partial charge in [0, 0.05) is 58.4 Å². The van der Waals surface area contributed by atoms with Gasteiger partial charge in [0.25, 0.3) is 5.91 Å². The Morgan fingerprint density at radius 2 is 1.87 bits per heavy atom. The first kappa shape index (κ1) is 31.0. The SMILES string of the molecule is Cc1cnc2c(OC(F)F)cc(C(=O)NCC(c3cc4c(c(-c5cc(C(C)C)c(F)cc5F)n3)COCC4C)C3CC3)cc2c1. The summed E-state index contributed by atoms with van der Waals surface area (Å²) in [5.74, 6) is -1.97. The molecule has 2 aromatic carbocycles. The van der Waals surface area contributed by atoms with E-state index >= 15 is 4.39 Å². The predicted octanol–water partition coefficient (Wildman–Crippen LogP) is 8.17. The van der Waals surface area contributed by atoms with Gasteiger partial charge in [-0.2, -0.15) is 8.78 Å². The Balaban J connectivity index is 1.36. The molecule has 6 rings (SSSR count). The van der Waals surface area contributed by atoms with Crippen molar-refractivity contribution in [2.75, 3.05) is 13.2 Å². The molecule has 1 aliphatic heterocycles. The fourth-order valence-electron chi connectivity index (χ4n) is 6.19. The van der Waals surface area contributed by atoms with Crippen molar-refractivity contribution >= 4 is 16.8 Å². The van der Waals surface area contributed by atoms with Gasteiger partial charge in [-0.1, -0.05) is 20.8 Å². The van der Waals surface area contributed by atoms with Crippen molar-refractivity contribution in [2.45, 2.75) is 71.5 Å². The molecule has 4 aromatic rings. The maximum Gasteiger partial charge on any atom is 0.387 e. The summed E-state index contributed by atoms with van der Waals surface area (Å²) in [6.45, 7) is 5.49. The summed E-state index contributed by atoms with van der Waals surface area (Å²) in [5.41, 5.74) is 4.77. The molecule has 1 N–H and O–H groups in total. The molecule has 2 aliphatic rings. The summed E-state index contributed by atoms with van der Waals surface area (Å²) in [6, 6.07) is 9.14. The van der Waals surface area contributed by atoms with E-state index in [0.717, 1.165) is 41.3 Å². The lowest BCUT2D eigenvalue weighted by Crippen LogP contribution is -2.30. The zero-order valence-corrected chi connectivity index (χ0v) is 25.6. The average molecular weight is 622 g/mol. The third-order valence-corrected chi connectivity index (χ3v) is 8.70. The molecule has 2 aromatic heterocycles. The Morgan fingerprint density at radius 3 is 2.58 bits per heavy atom. The number of carbonyl (C=O) groups excluding carboxylic acids is 1. The lowest BCUT2D eigenvalue weighted by atomic mass is 9.87. The molecule has 236 valence electrons. The summed E-state index contributed by atoms with van der Waals surface area (Å²) in [4.78, 5) is 22.7. The lowest BCUT2D eigenvalue weighted by Gasteiger charge is -2.28. The second-order valence-electron chi connectivity index (χ2n) is 12.5. The van der Waals surface area contributed by atoms with Crippen molar-refractivity contribution < 1.29 is 31.8 Å². The van der Waals surface area contributed by atoms with Crippen LogP contribution in [0.25, 0.3) is 22.2 Å². The summed E-state index contributed by atoms with van der Waals surface area (Å²) in [6.07, 6.45) is 3.45. The molecule has 2 atom stereocenters. The van der Waals surface area contributed by atoms with Gasteiger partial charge >= 0.3 is 6.61 Å². The van der Waals surface area contributed by atoms with Crippen LogP contribution in [0.4, 0.5) is 17.6 Å². The quantitative estimate of drug-likeness (QED) is 0.191. The predicted molar refractivity (Wildman–Crippen MR) is 163 cm³/mol. The van der Waals surface area contributed by atoms with Gasteiger partial charge in [0.1, 0.15) is 17.2 Å². The van der Waals surface area contributed by atoms with Crippen molar-refractivity contribution in [3.63, 3.8) is 0 Å². The van der Waals surface area contributed by atoms with E-state index in [-0.39, 0.29) is 59.2 Å². The van der Waals surface area contributed by atoms with Gasteiger partial charge in [0.05, 0.1) is 18.9 Å². The Bertz CT molecular complexity index is 1770. The number of fused-ring (bicyclic) bond motifs is 2. The smallest absolute Gasteiger partial charge is 0.387 e. The number of hydrogen-bond acceptors (Lipinski definition) is 5. The number of alkyl halides is 2. The van der Waals surface area contributed by atoms with Crippen LogP contribution in [0, 0.1) is 24.5 Å². The lowest BCUT2D eigenvalue weighted by molar-refractivity contribution is -0.0489. The van der Waals surface area contributed by atoms with Crippen LogP contribution in [0.1, 0.15) is 89.7 Å². The molecule has 0 radical (unpaired) electrons. The number of halogens is 4. The first-order chi connectivity index (χ1) is 21.5. The number of rotatable bonds is 9. The highest BCUT2D eigenvalue weighted by Crippen LogP contribution is 2.44. The van der Waals surface area contributed by atoms with Crippen LogP contribution < -0.4 is 10.1 Å². The highest BCUT2D eigenvalue weighted by Gasteiger charge is 2.36. The summed E-state index contributed by atoms with van der Waals surface area (Å²) >= 11 is 0. The molecule has 0 saturated heterocycles. The molecule has 1 saturated carbocycles. The van der Waals surface area contributed by atoms with Crippen LogP contribution in [0.2, 0.25) is 0 Å². The van der Waals surface area contributed by atoms with Gasteiger partial charge in [-0.05, 0) is 78.6 Å². The molecule has 1 fully saturated rings. The minimum atomic E-state index is -3.08. The highest BCUT2D eigenvalue weighted by atomic mass is 19.3. The topological polar surface area (TPSA) is 73.3 Å². The number of ether oxygens (including phenoxy) is 2. The van der Waals surface area contributed by atoms with E-state index in [9.17, 15) is 18.0 Å². The van der Waals surface area contributed by atoms with E-state index in [4.69, 9.17) is 14.5 Å². The van der Waals surface area contributed by atoms with E-state index < -0.39 is 24.2 Å². The van der Waals surface area contributed by atoms with Gasteiger partial charge < -0.3 is 14.8 Å². The minimum Gasteiger partial charge on any atom is -0.432 e. The Morgan fingerprint density at radius 1 is 1.09 bits per heavy atom. The third kappa shape index (κ3) is 6.38. The Kier molecular flexibility index (Phi) is 8.52. The fraction of sp³-hybridized carbons (Fsp3) is 0.400. The summed E-state index contributed by atoms with van der Waals surface area (Å²) in [5, 5.41) is 3.49. The van der Waals surface area contributed by atoms with Crippen molar-refractivity contribution in [1.29, 1.82) is 0 Å². The van der Waals surface area contributed by atoms with E-state index in [1.165, 1.54) is 6.07 Å². The molecular weight excluding hydrogens is 586 g/mol. The van der Waals surface area contributed by atoms with Crippen LogP contribution in [0.3, 0.4) is 0 Å². The molecule has 1 aliphatic carbocycles.